The molecule has 2 aromatic heterocycles. The number of halogens is 1. The number of aromatic nitrogens is 3. The number of nitrogens with two attached hydrogens (primary N) is 2. The van der Waals surface area contributed by atoms with Crippen LogP contribution in [0.4, 0.5) is 5.69 Å². The van der Waals surface area contributed by atoms with Crippen LogP contribution in [0, 0.1) is 13.8 Å². The Morgan fingerprint density at radius 1 is 1.39 bits per heavy atom. The summed E-state index contributed by atoms with van der Waals surface area (Å²) < 4.78 is 2.47. The first-order chi connectivity index (χ1) is 8.41. The summed E-state index contributed by atoms with van der Waals surface area (Å²) in [5.74, 6) is -0.200. The van der Waals surface area contributed by atoms with Crippen molar-refractivity contribution in [2.75, 3.05) is 5.73 Å². The molecule has 0 fully saturated rings. The molecule has 2 aromatic rings. The number of rotatable bonds is 2. The van der Waals surface area contributed by atoms with Gasteiger partial charge in [0.1, 0.15) is 5.69 Å². The van der Waals surface area contributed by atoms with Gasteiger partial charge in [0, 0.05) is 0 Å². The minimum atomic E-state index is -0.600. The fourth-order valence-electron chi connectivity index (χ4n) is 1.60. The molecule has 0 aliphatic carbocycles. The van der Waals surface area contributed by atoms with Crippen molar-refractivity contribution < 1.29 is 4.79 Å². The summed E-state index contributed by atoms with van der Waals surface area (Å²) in [6, 6.07) is 3.08. The highest BCUT2D eigenvalue weighted by atomic mass is 79.9. The Balaban J connectivity index is 2.66. The summed E-state index contributed by atoms with van der Waals surface area (Å²) in [5.41, 5.74) is 13.3. The molecule has 6 nitrogen and oxygen atoms in total. The Labute approximate surface area is 112 Å². The Morgan fingerprint density at radius 2 is 2.06 bits per heavy atom. The van der Waals surface area contributed by atoms with Crippen molar-refractivity contribution in [2.45, 2.75) is 13.8 Å². The number of nitrogens with zero attached hydrogens (tertiary/aromatic N) is 3. The number of aryl methyl sites for hydroxylation is 1. The van der Waals surface area contributed by atoms with Crippen molar-refractivity contribution >= 4 is 27.5 Å². The minimum absolute atomic E-state index is 0.155. The van der Waals surface area contributed by atoms with E-state index < -0.39 is 5.91 Å². The monoisotopic (exact) mass is 309 g/mol. The molecule has 2 rings (SSSR count). The fourth-order valence-corrected chi connectivity index (χ4v) is 1.84. The molecule has 94 valence electrons. The van der Waals surface area contributed by atoms with Crippen molar-refractivity contribution in [1.29, 1.82) is 0 Å². The van der Waals surface area contributed by atoms with Gasteiger partial charge in [-0.05, 0) is 41.9 Å². The quantitative estimate of drug-likeness (QED) is 0.874. The summed E-state index contributed by atoms with van der Waals surface area (Å²) in [7, 11) is 0. The number of primary amides is 1. The topological polar surface area (TPSA) is 99.8 Å². The standard InChI is InChI=1S/C11H12BrN5O/c1-5-9(12)6(2)17(16-5)11-7(13)3-4-8(15-11)10(14)18/h3-4H,13H2,1-2H3,(H2,14,18). The van der Waals surface area contributed by atoms with E-state index in [4.69, 9.17) is 11.5 Å². The molecule has 4 N–H and O–H groups in total. The van der Waals surface area contributed by atoms with Crippen LogP contribution in [0.2, 0.25) is 0 Å². The third-order valence-corrected chi connectivity index (χ3v) is 3.71. The molecule has 18 heavy (non-hydrogen) atoms. The van der Waals surface area contributed by atoms with Gasteiger partial charge in [-0.3, -0.25) is 4.79 Å². The number of amides is 1. The second-order valence-electron chi connectivity index (χ2n) is 3.87. The molecular weight excluding hydrogens is 298 g/mol. The van der Waals surface area contributed by atoms with Gasteiger partial charge in [-0.1, -0.05) is 0 Å². The van der Waals surface area contributed by atoms with Gasteiger partial charge < -0.3 is 11.5 Å². The van der Waals surface area contributed by atoms with E-state index in [-0.39, 0.29) is 5.69 Å². The minimum Gasteiger partial charge on any atom is -0.396 e. The summed E-state index contributed by atoms with van der Waals surface area (Å²) >= 11 is 3.43. The van der Waals surface area contributed by atoms with Crippen LogP contribution < -0.4 is 11.5 Å². The molecule has 2 heterocycles. The summed E-state index contributed by atoms with van der Waals surface area (Å²) in [5, 5.41) is 4.32. The Hall–Kier alpha value is -1.89. The van der Waals surface area contributed by atoms with Crippen LogP contribution in [0.15, 0.2) is 16.6 Å². The lowest BCUT2D eigenvalue weighted by molar-refractivity contribution is 0.0995. The van der Waals surface area contributed by atoms with Gasteiger partial charge >= 0.3 is 0 Å². The van der Waals surface area contributed by atoms with E-state index in [1.165, 1.54) is 6.07 Å². The number of anilines is 1. The maximum Gasteiger partial charge on any atom is 0.267 e. The lowest BCUT2D eigenvalue weighted by Gasteiger charge is -2.07. The molecule has 0 aromatic carbocycles. The van der Waals surface area contributed by atoms with Crippen LogP contribution in [0.25, 0.3) is 5.82 Å². The summed E-state index contributed by atoms with van der Waals surface area (Å²) in [6.07, 6.45) is 0. The predicted molar refractivity (Wildman–Crippen MR) is 71.5 cm³/mol. The maximum atomic E-state index is 11.1. The highest BCUT2D eigenvalue weighted by Gasteiger charge is 2.15. The van der Waals surface area contributed by atoms with Gasteiger partial charge in [0.15, 0.2) is 5.82 Å². The molecule has 0 bridgehead atoms. The fraction of sp³-hybridized carbons (Fsp3) is 0.182. The van der Waals surface area contributed by atoms with Crippen LogP contribution in [0.3, 0.4) is 0 Å². The van der Waals surface area contributed by atoms with Crippen LogP contribution in [0.5, 0.6) is 0 Å². The Bertz CT molecular complexity index is 635. The van der Waals surface area contributed by atoms with Crippen molar-refractivity contribution in [3.8, 4) is 5.82 Å². The molecule has 0 saturated heterocycles. The number of nitrogen functional groups attached to an aromatic ring is 1. The average Bonchev–Trinajstić information content (AvgIpc) is 2.57. The zero-order valence-electron chi connectivity index (χ0n) is 9.94. The lowest BCUT2D eigenvalue weighted by Crippen LogP contribution is -2.16. The second kappa shape index (κ2) is 4.41. The van der Waals surface area contributed by atoms with Crippen LogP contribution in [-0.2, 0) is 0 Å². The van der Waals surface area contributed by atoms with Gasteiger partial charge in [-0.15, -0.1) is 0 Å². The Kier molecular flexibility index (Phi) is 3.08. The van der Waals surface area contributed by atoms with E-state index in [0.717, 1.165) is 15.9 Å². The normalized spacial score (nSPS) is 10.6. The van der Waals surface area contributed by atoms with Crippen molar-refractivity contribution in [1.82, 2.24) is 14.8 Å². The lowest BCUT2D eigenvalue weighted by atomic mass is 10.3. The van der Waals surface area contributed by atoms with Crippen molar-refractivity contribution in [3.63, 3.8) is 0 Å². The van der Waals surface area contributed by atoms with E-state index in [9.17, 15) is 4.79 Å². The largest absolute Gasteiger partial charge is 0.396 e. The zero-order chi connectivity index (χ0) is 13.4. The number of hydrogen-bond donors (Lipinski definition) is 2. The molecule has 0 unspecified atom stereocenters. The van der Waals surface area contributed by atoms with E-state index in [1.807, 2.05) is 13.8 Å². The molecular formula is C11H12BrN5O. The first-order valence-corrected chi connectivity index (χ1v) is 5.99. The predicted octanol–water partition coefficient (Wildman–Crippen LogP) is 1.33. The van der Waals surface area contributed by atoms with E-state index in [0.29, 0.717) is 11.5 Å². The van der Waals surface area contributed by atoms with Crippen molar-refractivity contribution in [2.24, 2.45) is 5.73 Å². The molecule has 0 saturated carbocycles. The third kappa shape index (κ3) is 1.97. The first kappa shape index (κ1) is 12.6. The Morgan fingerprint density at radius 3 is 2.56 bits per heavy atom. The zero-order valence-corrected chi connectivity index (χ0v) is 11.5. The van der Waals surface area contributed by atoms with Gasteiger partial charge in [0.25, 0.3) is 5.91 Å². The highest BCUT2D eigenvalue weighted by molar-refractivity contribution is 9.10. The summed E-state index contributed by atoms with van der Waals surface area (Å²) in [4.78, 5) is 15.3. The van der Waals surface area contributed by atoms with Crippen LogP contribution >= 0.6 is 15.9 Å². The number of pyridine rings is 1. The van der Waals surface area contributed by atoms with E-state index in [1.54, 1.807) is 10.7 Å². The molecule has 0 atom stereocenters. The van der Waals surface area contributed by atoms with Crippen molar-refractivity contribution in [3.05, 3.63) is 33.7 Å². The smallest absolute Gasteiger partial charge is 0.267 e. The number of carbonyl (C=O) groups is 1. The number of carbonyl (C=O) groups excluding carboxylic acids is 1. The van der Waals surface area contributed by atoms with Gasteiger partial charge in [0.05, 0.1) is 21.5 Å². The molecule has 0 radical (unpaired) electrons. The summed E-state index contributed by atoms with van der Waals surface area (Å²) in [6.45, 7) is 3.74. The van der Waals surface area contributed by atoms with E-state index in [2.05, 4.69) is 26.0 Å². The van der Waals surface area contributed by atoms with Gasteiger partial charge in [-0.2, -0.15) is 5.10 Å². The SMILES string of the molecule is Cc1nn(-c2nc(C(N)=O)ccc2N)c(C)c1Br. The highest BCUT2D eigenvalue weighted by Crippen LogP contribution is 2.24. The maximum absolute atomic E-state index is 11.1. The molecule has 7 heteroatoms. The second-order valence-corrected chi connectivity index (χ2v) is 4.66. The van der Waals surface area contributed by atoms with Crippen LogP contribution in [-0.4, -0.2) is 20.7 Å². The van der Waals surface area contributed by atoms with Crippen LogP contribution in [0.1, 0.15) is 21.9 Å². The molecule has 0 aliphatic rings. The van der Waals surface area contributed by atoms with Gasteiger partial charge in [0.2, 0.25) is 0 Å². The first-order valence-electron chi connectivity index (χ1n) is 5.20. The molecule has 1 amide bonds. The third-order valence-electron chi connectivity index (χ3n) is 2.56. The average molecular weight is 310 g/mol. The van der Waals surface area contributed by atoms with Gasteiger partial charge in [-0.25, -0.2) is 9.67 Å². The molecule has 0 spiro atoms. The molecule has 0 aliphatic heterocycles. The van der Waals surface area contributed by atoms with E-state index >= 15 is 0 Å². The number of hydrogen-bond acceptors (Lipinski definition) is 4.